The standard InChI is InChI=1S/C18H27NO2/c1-14(2)19(15(3)4)17(20)18(10-12-21-13-11-18)16-8-6-5-7-9-16/h5-9,14-15H,10-13H2,1-4H3. The Morgan fingerprint density at radius 1 is 1.05 bits per heavy atom. The lowest BCUT2D eigenvalue weighted by atomic mass is 9.72. The molecule has 1 amide bonds. The van der Waals surface area contributed by atoms with E-state index < -0.39 is 5.41 Å². The molecule has 3 nitrogen and oxygen atoms in total. The number of carbonyl (C=O) groups is 1. The van der Waals surface area contributed by atoms with Crippen LogP contribution in [0.4, 0.5) is 0 Å². The molecule has 0 bridgehead atoms. The summed E-state index contributed by atoms with van der Waals surface area (Å²) in [5.41, 5.74) is 0.707. The summed E-state index contributed by atoms with van der Waals surface area (Å²) in [4.78, 5) is 15.4. The molecule has 2 rings (SSSR count). The SMILES string of the molecule is CC(C)N(C(=O)C1(c2ccccc2)CCOCC1)C(C)C. The number of rotatable bonds is 4. The van der Waals surface area contributed by atoms with Gasteiger partial charge in [-0.3, -0.25) is 4.79 Å². The quantitative estimate of drug-likeness (QED) is 0.850. The molecule has 0 radical (unpaired) electrons. The van der Waals surface area contributed by atoms with Crippen molar-refractivity contribution in [2.45, 2.75) is 58.0 Å². The van der Waals surface area contributed by atoms with Gasteiger partial charge >= 0.3 is 0 Å². The van der Waals surface area contributed by atoms with Gasteiger partial charge in [-0.2, -0.15) is 0 Å². The van der Waals surface area contributed by atoms with Crippen LogP contribution in [0.5, 0.6) is 0 Å². The summed E-state index contributed by atoms with van der Waals surface area (Å²) >= 11 is 0. The number of nitrogens with zero attached hydrogens (tertiary/aromatic N) is 1. The topological polar surface area (TPSA) is 29.5 Å². The zero-order valence-corrected chi connectivity index (χ0v) is 13.6. The molecular formula is C18H27NO2. The Morgan fingerprint density at radius 3 is 2.05 bits per heavy atom. The van der Waals surface area contributed by atoms with Crippen molar-refractivity contribution in [2.24, 2.45) is 0 Å². The van der Waals surface area contributed by atoms with Crippen LogP contribution in [0.2, 0.25) is 0 Å². The van der Waals surface area contributed by atoms with Crippen LogP contribution in [0.25, 0.3) is 0 Å². The van der Waals surface area contributed by atoms with Crippen molar-refractivity contribution in [3.8, 4) is 0 Å². The second-order valence-corrected chi connectivity index (χ2v) is 6.46. The van der Waals surface area contributed by atoms with E-state index in [-0.39, 0.29) is 18.0 Å². The van der Waals surface area contributed by atoms with Gasteiger partial charge in [-0.1, -0.05) is 30.3 Å². The molecule has 0 aromatic heterocycles. The monoisotopic (exact) mass is 289 g/mol. The smallest absolute Gasteiger partial charge is 0.233 e. The van der Waals surface area contributed by atoms with Crippen LogP contribution in [-0.4, -0.2) is 36.1 Å². The summed E-state index contributed by atoms with van der Waals surface area (Å²) in [7, 11) is 0. The van der Waals surface area contributed by atoms with E-state index in [0.29, 0.717) is 13.2 Å². The summed E-state index contributed by atoms with van der Waals surface area (Å²) in [5, 5.41) is 0. The first kappa shape index (κ1) is 16.0. The first-order valence-corrected chi connectivity index (χ1v) is 7.95. The van der Waals surface area contributed by atoms with Gasteiger partial charge in [0.1, 0.15) is 0 Å². The van der Waals surface area contributed by atoms with Crippen molar-refractivity contribution in [2.75, 3.05) is 13.2 Å². The molecule has 0 spiro atoms. The van der Waals surface area contributed by atoms with Crippen LogP contribution in [0.1, 0.15) is 46.1 Å². The van der Waals surface area contributed by atoms with Gasteiger partial charge in [-0.25, -0.2) is 0 Å². The van der Waals surface area contributed by atoms with Crippen LogP contribution in [0.15, 0.2) is 30.3 Å². The average molecular weight is 289 g/mol. The summed E-state index contributed by atoms with van der Waals surface area (Å²) in [6.45, 7) is 9.69. The molecule has 0 saturated carbocycles. The van der Waals surface area contributed by atoms with Gasteiger partial charge in [-0.05, 0) is 46.1 Å². The fraction of sp³-hybridized carbons (Fsp3) is 0.611. The number of hydrogen-bond donors (Lipinski definition) is 0. The summed E-state index contributed by atoms with van der Waals surface area (Å²) in [5.74, 6) is 0.252. The third-order valence-corrected chi connectivity index (χ3v) is 4.43. The first-order valence-electron chi connectivity index (χ1n) is 7.95. The van der Waals surface area contributed by atoms with Crippen molar-refractivity contribution in [3.63, 3.8) is 0 Å². The largest absolute Gasteiger partial charge is 0.381 e. The molecule has 1 aliphatic rings. The molecule has 1 fully saturated rings. The predicted molar refractivity (Wildman–Crippen MR) is 85.3 cm³/mol. The van der Waals surface area contributed by atoms with Gasteiger partial charge in [0.2, 0.25) is 5.91 Å². The summed E-state index contributed by atoms with van der Waals surface area (Å²) < 4.78 is 5.53. The van der Waals surface area contributed by atoms with E-state index in [1.54, 1.807) is 0 Å². The number of benzene rings is 1. The van der Waals surface area contributed by atoms with E-state index in [4.69, 9.17) is 4.74 Å². The third-order valence-electron chi connectivity index (χ3n) is 4.43. The van der Waals surface area contributed by atoms with Crippen LogP contribution in [0, 0.1) is 0 Å². The highest BCUT2D eigenvalue weighted by molar-refractivity contribution is 5.89. The second kappa shape index (κ2) is 6.61. The predicted octanol–water partition coefficient (Wildman–Crippen LogP) is 3.38. The molecule has 1 saturated heterocycles. The van der Waals surface area contributed by atoms with E-state index in [1.165, 1.54) is 0 Å². The Morgan fingerprint density at radius 2 is 1.57 bits per heavy atom. The minimum Gasteiger partial charge on any atom is -0.381 e. The van der Waals surface area contributed by atoms with E-state index in [9.17, 15) is 4.79 Å². The third kappa shape index (κ3) is 3.13. The van der Waals surface area contributed by atoms with E-state index >= 15 is 0 Å². The fourth-order valence-electron chi connectivity index (χ4n) is 3.42. The zero-order valence-electron chi connectivity index (χ0n) is 13.6. The maximum absolute atomic E-state index is 13.4. The Labute approximate surface area is 128 Å². The molecule has 1 aromatic carbocycles. The molecule has 0 N–H and O–H groups in total. The van der Waals surface area contributed by atoms with Crippen molar-refractivity contribution in [1.82, 2.24) is 4.90 Å². The molecule has 0 aliphatic carbocycles. The molecule has 116 valence electrons. The van der Waals surface area contributed by atoms with E-state index in [1.807, 2.05) is 23.1 Å². The van der Waals surface area contributed by atoms with Gasteiger partial charge in [0.15, 0.2) is 0 Å². The molecule has 21 heavy (non-hydrogen) atoms. The van der Waals surface area contributed by atoms with Gasteiger partial charge in [0.25, 0.3) is 0 Å². The number of amides is 1. The second-order valence-electron chi connectivity index (χ2n) is 6.46. The van der Waals surface area contributed by atoms with Crippen LogP contribution >= 0.6 is 0 Å². The van der Waals surface area contributed by atoms with E-state index in [2.05, 4.69) is 39.8 Å². The zero-order chi connectivity index (χ0) is 15.5. The molecular weight excluding hydrogens is 262 g/mol. The first-order chi connectivity index (χ1) is 9.99. The molecule has 1 aliphatic heterocycles. The lowest BCUT2D eigenvalue weighted by Gasteiger charge is -2.43. The number of hydrogen-bond acceptors (Lipinski definition) is 2. The van der Waals surface area contributed by atoms with Crippen molar-refractivity contribution in [3.05, 3.63) is 35.9 Å². The molecule has 1 aromatic rings. The Bertz CT molecular complexity index is 453. The van der Waals surface area contributed by atoms with Crippen LogP contribution < -0.4 is 0 Å². The number of carbonyl (C=O) groups excluding carboxylic acids is 1. The minimum atomic E-state index is -0.423. The lowest BCUT2D eigenvalue weighted by molar-refractivity contribution is -0.145. The lowest BCUT2D eigenvalue weighted by Crippen LogP contribution is -2.54. The molecule has 0 atom stereocenters. The molecule has 1 heterocycles. The fourth-order valence-corrected chi connectivity index (χ4v) is 3.42. The average Bonchev–Trinajstić information content (AvgIpc) is 2.48. The normalized spacial score (nSPS) is 18.0. The Hall–Kier alpha value is -1.35. The highest BCUT2D eigenvalue weighted by atomic mass is 16.5. The Kier molecular flexibility index (Phi) is 5.04. The van der Waals surface area contributed by atoms with Crippen molar-refractivity contribution < 1.29 is 9.53 Å². The minimum absolute atomic E-state index is 0.209. The summed E-state index contributed by atoms with van der Waals surface area (Å²) in [6.07, 6.45) is 1.54. The Balaban J connectivity index is 2.43. The number of ether oxygens (including phenoxy) is 1. The maximum atomic E-state index is 13.4. The van der Waals surface area contributed by atoms with E-state index in [0.717, 1.165) is 18.4 Å². The van der Waals surface area contributed by atoms with Gasteiger partial charge < -0.3 is 9.64 Å². The van der Waals surface area contributed by atoms with Crippen molar-refractivity contribution >= 4 is 5.91 Å². The van der Waals surface area contributed by atoms with Crippen molar-refractivity contribution in [1.29, 1.82) is 0 Å². The highest BCUT2D eigenvalue weighted by Crippen LogP contribution is 2.37. The summed E-state index contributed by atoms with van der Waals surface area (Å²) in [6, 6.07) is 10.6. The molecule has 3 heteroatoms. The van der Waals surface area contributed by atoms with Gasteiger partial charge in [0.05, 0.1) is 5.41 Å². The van der Waals surface area contributed by atoms with Gasteiger partial charge in [0, 0.05) is 25.3 Å². The van der Waals surface area contributed by atoms with Crippen LogP contribution in [-0.2, 0) is 14.9 Å². The van der Waals surface area contributed by atoms with Gasteiger partial charge in [-0.15, -0.1) is 0 Å². The maximum Gasteiger partial charge on any atom is 0.233 e. The van der Waals surface area contributed by atoms with Crippen LogP contribution in [0.3, 0.4) is 0 Å². The molecule has 0 unspecified atom stereocenters. The highest BCUT2D eigenvalue weighted by Gasteiger charge is 2.45.